The van der Waals surface area contributed by atoms with Gasteiger partial charge in [-0.1, -0.05) is 23.2 Å². The number of hydrogen-bond acceptors (Lipinski definition) is 13. The molecule has 1 unspecified atom stereocenters. The zero-order valence-corrected chi connectivity index (χ0v) is 36.7. The van der Waals surface area contributed by atoms with E-state index in [0.29, 0.717) is 84.3 Å². The van der Waals surface area contributed by atoms with Crippen LogP contribution in [0.4, 0.5) is 17.1 Å². The van der Waals surface area contributed by atoms with Crippen molar-refractivity contribution in [1.29, 1.82) is 5.26 Å². The Balaban J connectivity index is 0.730. The number of imide groups is 2. The molecular formula is C46H48Cl2N8O7. The average Bonchev–Trinajstić information content (AvgIpc) is 3.52. The van der Waals surface area contributed by atoms with Crippen molar-refractivity contribution in [1.82, 2.24) is 25.0 Å². The number of methoxy groups -OCH3 is 2. The van der Waals surface area contributed by atoms with Gasteiger partial charge in [0.1, 0.15) is 17.9 Å². The minimum atomic E-state index is -0.968. The second-order valence-corrected chi connectivity index (χ2v) is 17.9. The van der Waals surface area contributed by atoms with E-state index in [0.717, 1.165) is 75.7 Å². The number of fused-ring (bicyclic) bond motifs is 2. The van der Waals surface area contributed by atoms with E-state index in [1.165, 1.54) is 26.1 Å². The Hall–Kier alpha value is -5.66. The number of benzene rings is 3. The summed E-state index contributed by atoms with van der Waals surface area (Å²) in [5.41, 5.74) is 3.89. The van der Waals surface area contributed by atoms with Crippen LogP contribution in [-0.4, -0.2) is 122 Å². The molecule has 1 aromatic heterocycles. The van der Waals surface area contributed by atoms with Crippen LogP contribution in [0.5, 0.6) is 17.2 Å². The van der Waals surface area contributed by atoms with Crippen LogP contribution in [-0.2, 0) is 9.59 Å². The van der Waals surface area contributed by atoms with E-state index >= 15 is 0 Å². The van der Waals surface area contributed by atoms with E-state index in [4.69, 9.17) is 37.4 Å². The van der Waals surface area contributed by atoms with Gasteiger partial charge in [-0.25, -0.2) is 0 Å². The molecule has 5 heterocycles. The Bertz CT molecular complexity index is 2540. The fourth-order valence-corrected chi connectivity index (χ4v) is 10.4. The lowest BCUT2D eigenvalue weighted by Crippen LogP contribution is -2.59. The van der Waals surface area contributed by atoms with Crippen LogP contribution in [0.1, 0.15) is 71.2 Å². The molecule has 3 aromatic carbocycles. The average molecular weight is 896 g/mol. The van der Waals surface area contributed by atoms with Crippen molar-refractivity contribution in [2.45, 2.75) is 57.0 Å². The highest BCUT2D eigenvalue weighted by atomic mass is 35.5. The molecule has 9 rings (SSSR count). The molecule has 4 aromatic rings. The summed E-state index contributed by atoms with van der Waals surface area (Å²) in [5, 5.41) is 16.9. The molecule has 63 heavy (non-hydrogen) atoms. The van der Waals surface area contributed by atoms with Crippen molar-refractivity contribution in [3.05, 3.63) is 75.4 Å². The Morgan fingerprint density at radius 3 is 2.35 bits per heavy atom. The number of piperazine rings is 1. The molecule has 328 valence electrons. The summed E-state index contributed by atoms with van der Waals surface area (Å²) in [6.45, 7) is 7.33. The van der Waals surface area contributed by atoms with Crippen molar-refractivity contribution in [3.8, 4) is 23.3 Å². The van der Waals surface area contributed by atoms with E-state index in [2.05, 4.69) is 36.4 Å². The highest BCUT2D eigenvalue weighted by Crippen LogP contribution is 2.52. The molecule has 4 amide bonds. The van der Waals surface area contributed by atoms with Crippen LogP contribution in [0.25, 0.3) is 10.9 Å². The smallest absolute Gasteiger partial charge is 0.262 e. The maximum absolute atomic E-state index is 13.4. The number of nitrogens with one attached hydrogen (secondary N) is 2. The lowest BCUT2D eigenvalue weighted by Gasteiger charge is -2.56. The van der Waals surface area contributed by atoms with Gasteiger partial charge in [-0.3, -0.25) is 39.3 Å². The first-order chi connectivity index (χ1) is 30.5. The zero-order valence-electron chi connectivity index (χ0n) is 35.2. The van der Waals surface area contributed by atoms with Gasteiger partial charge in [0.25, 0.3) is 11.8 Å². The molecule has 1 atom stereocenters. The number of nitrogens with zero attached hydrogens (tertiary/aromatic N) is 6. The van der Waals surface area contributed by atoms with Gasteiger partial charge in [0.15, 0.2) is 11.5 Å². The van der Waals surface area contributed by atoms with Gasteiger partial charge in [-0.2, -0.15) is 5.26 Å². The standard InChI is InChI=1S/C46H48Cl2N8O7/c1-61-38-22-36(33(47)20-34(38)48)51-42-27(25-49)26-50-35-21-40(39(62-2)19-32(35)42)63-17-3-10-53-13-15-55(16-14-53)29-23-46(24-29)8-11-54(12-9-46)28-4-5-30-31(18-28)45(60)56(44(30)59)37-6-7-41(57)52-43(37)58/h4-5,18-22,26,29,37H,3,6-17,23-24H2,1-2H3,(H,50,51)(H,52,57,58). The third-order valence-corrected chi connectivity index (χ3v) is 14.1. The number of hydrogen-bond donors (Lipinski definition) is 2. The maximum Gasteiger partial charge on any atom is 0.262 e. The number of anilines is 3. The van der Waals surface area contributed by atoms with Gasteiger partial charge in [-0.15, -0.1) is 0 Å². The first-order valence-corrected chi connectivity index (χ1v) is 22.1. The van der Waals surface area contributed by atoms with E-state index in [1.54, 1.807) is 31.4 Å². The number of carbonyl (C=O) groups excluding carboxylic acids is 4. The molecule has 1 spiro atoms. The number of nitriles is 1. The molecule has 1 saturated carbocycles. The van der Waals surface area contributed by atoms with E-state index < -0.39 is 23.8 Å². The summed E-state index contributed by atoms with van der Waals surface area (Å²) in [6.07, 6.45) is 7.18. The number of piperidine rings is 2. The predicted molar refractivity (Wildman–Crippen MR) is 237 cm³/mol. The number of halogens is 2. The highest BCUT2D eigenvalue weighted by Gasteiger charge is 2.49. The molecule has 0 radical (unpaired) electrons. The third kappa shape index (κ3) is 8.21. The van der Waals surface area contributed by atoms with Gasteiger partial charge in [0.05, 0.1) is 64.5 Å². The normalized spacial score (nSPS) is 20.4. The Morgan fingerprint density at radius 2 is 1.63 bits per heavy atom. The zero-order chi connectivity index (χ0) is 44.0. The number of ether oxygens (including phenoxy) is 3. The van der Waals surface area contributed by atoms with Gasteiger partial charge < -0.3 is 29.3 Å². The number of pyridine rings is 1. The van der Waals surface area contributed by atoms with Crippen LogP contribution in [0.2, 0.25) is 10.0 Å². The summed E-state index contributed by atoms with van der Waals surface area (Å²) in [6, 6.07) is 14.2. The number of carbonyl (C=O) groups is 4. The largest absolute Gasteiger partial charge is 0.495 e. The van der Waals surface area contributed by atoms with Crippen molar-refractivity contribution >= 4 is 74.8 Å². The lowest BCUT2D eigenvalue weighted by molar-refractivity contribution is -0.136. The van der Waals surface area contributed by atoms with Crippen LogP contribution < -0.4 is 29.7 Å². The summed E-state index contributed by atoms with van der Waals surface area (Å²) in [5.74, 6) is -0.398. The van der Waals surface area contributed by atoms with E-state index in [9.17, 15) is 24.4 Å². The first-order valence-electron chi connectivity index (χ1n) is 21.4. The fraction of sp³-hybridized carbons (Fsp3) is 0.435. The molecule has 2 N–H and O–H groups in total. The molecule has 1 aliphatic carbocycles. The van der Waals surface area contributed by atoms with Crippen LogP contribution in [0.15, 0.2) is 48.7 Å². The topological polar surface area (TPSA) is 170 Å². The second kappa shape index (κ2) is 17.5. The van der Waals surface area contributed by atoms with Crippen LogP contribution in [0, 0.1) is 16.7 Å². The Labute approximate surface area is 375 Å². The fourth-order valence-electron chi connectivity index (χ4n) is 9.93. The SMILES string of the molecule is COc1cc(Nc2c(C#N)cnc3cc(OCCCN4CCN(C5CC6(CCN(c7ccc8c(c7)C(=O)N(C7CCC(=O)NC7=O)C8=O)CC6)C5)CC4)c(OC)cc23)c(Cl)cc1Cl. The summed E-state index contributed by atoms with van der Waals surface area (Å²) < 4.78 is 17.4. The monoisotopic (exact) mass is 894 g/mol. The lowest BCUT2D eigenvalue weighted by atomic mass is 9.60. The van der Waals surface area contributed by atoms with Crippen molar-refractivity contribution in [2.75, 3.05) is 76.9 Å². The quantitative estimate of drug-likeness (QED) is 0.118. The summed E-state index contributed by atoms with van der Waals surface area (Å²) in [7, 11) is 3.11. The molecule has 15 nitrogen and oxygen atoms in total. The minimum absolute atomic E-state index is 0.0956. The maximum atomic E-state index is 13.4. The number of aromatic nitrogens is 1. The summed E-state index contributed by atoms with van der Waals surface area (Å²) >= 11 is 12.8. The van der Waals surface area contributed by atoms with Crippen LogP contribution in [0.3, 0.4) is 0 Å². The molecule has 4 aliphatic heterocycles. The van der Waals surface area contributed by atoms with Crippen LogP contribution >= 0.6 is 23.2 Å². The molecule has 3 saturated heterocycles. The summed E-state index contributed by atoms with van der Waals surface area (Å²) in [4.78, 5) is 63.7. The molecule has 17 heteroatoms. The molecule has 4 fully saturated rings. The van der Waals surface area contributed by atoms with Gasteiger partial charge in [-0.05, 0) is 74.3 Å². The Kier molecular flexibility index (Phi) is 11.8. The van der Waals surface area contributed by atoms with Gasteiger partial charge in [0.2, 0.25) is 11.8 Å². The van der Waals surface area contributed by atoms with Gasteiger partial charge >= 0.3 is 0 Å². The highest BCUT2D eigenvalue weighted by molar-refractivity contribution is 6.37. The number of rotatable bonds is 12. The van der Waals surface area contributed by atoms with Crippen molar-refractivity contribution in [2.24, 2.45) is 5.41 Å². The predicted octanol–water partition coefficient (Wildman–Crippen LogP) is 6.41. The van der Waals surface area contributed by atoms with Gasteiger partial charge in [0, 0.05) is 87.7 Å². The molecular weight excluding hydrogens is 847 g/mol. The van der Waals surface area contributed by atoms with E-state index in [-0.39, 0.29) is 18.7 Å². The second-order valence-electron chi connectivity index (χ2n) is 17.1. The minimum Gasteiger partial charge on any atom is -0.495 e. The molecule has 0 bridgehead atoms. The van der Waals surface area contributed by atoms with Crippen molar-refractivity contribution in [3.63, 3.8) is 0 Å². The number of amides is 4. The first kappa shape index (κ1) is 42.6. The molecule has 5 aliphatic rings. The third-order valence-electron chi connectivity index (χ3n) is 13.5. The van der Waals surface area contributed by atoms with Crippen molar-refractivity contribution < 1.29 is 33.4 Å². The Morgan fingerprint density at radius 1 is 0.889 bits per heavy atom. The van der Waals surface area contributed by atoms with E-state index in [1.807, 2.05) is 18.2 Å².